The zero-order valence-electron chi connectivity index (χ0n) is 14.3. The zero-order valence-corrected chi connectivity index (χ0v) is 14.3. The highest BCUT2D eigenvalue weighted by molar-refractivity contribution is 5.69. The van der Waals surface area contributed by atoms with Gasteiger partial charge >= 0.3 is 0 Å². The SMILES string of the molecule is CCC(C(=O)[O-])n1nc(C(C)C)c(Cc2cc(F)cc(F)c2)c1C. The third-order valence-corrected chi connectivity index (χ3v) is 4.11. The Hall–Kier alpha value is -2.24. The Bertz CT molecular complexity index is 733. The molecular formula is C18H21F2N2O2-. The van der Waals surface area contributed by atoms with Gasteiger partial charge in [0.05, 0.1) is 17.7 Å². The minimum Gasteiger partial charge on any atom is -0.548 e. The maximum atomic E-state index is 13.4. The number of hydrogen-bond donors (Lipinski definition) is 0. The van der Waals surface area contributed by atoms with Gasteiger partial charge in [-0.25, -0.2) is 8.78 Å². The van der Waals surface area contributed by atoms with Crippen LogP contribution in [0.3, 0.4) is 0 Å². The summed E-state index contributed by atoms with van der Waals surface area (Å²) in [6.45, 7) is 7.41. The summed E-state index contributed by atoms with van der Waals surface area (Å²) in [5.41, 5.74) is 2.70. The van der Waals surface area contributed by atoms with Crippen molar-refractivity contribution in [3.05, 3.63) is 52.3 Å². The first-order chi connectivity index (χ1) is 11.2. The molecule has 2 aromatic rings. The van der Waals surface area contributed by atoms with E-state index in [-0.39, 0.29) is 12.3 Å². The average molecular weight is 335 g/mol. The molecule has 0 fully saturated rings. The van der Waals surface area contributed by atoms with E-state index in [4.69, 9.17) is 0 Å². The van der Waals surface area contributed by atoms with Crippen molar-refractivity contribution in [2.75, 3.05) is 0 Å². The summed E-state index contributed by atoms with van der Waals surface area (Å²) >= 11 is 0. The number of rotatable bonds is 6. The van der Waals surface area contributed by atoms with Gasteiger partial charge in [0.15, 0.2) is 0 Å². The molecule has 0 amide bonds. The molecule has 1 heterocycles. The highest BCUT2D eigenvalue weighted by Gasteiger charge is 2.22. The van der Waals surface area contributed by atoms with Crippen LogP contribution in [0.25, 0.3) is 0 Å². The minimum atomic E-state index is -1.19. The second-order valence-corrected chi connectivity index (χ2v) is 6.25. The summed E-state index contributed by atoms with van der Waals surface area (Å²) in [6.07, 6.45) is 0.633. The maximum Gasteiger partial charge on any atom is 0.126 e. The molecule has 2 rings (SSSR count). The van der Waals surface area contributed by atoms with Crippen LogP contribution in [0.2, 0.25) is 0 Å². The molecule has 6 heteroatoms. The van der Waals surface area contributed by atoms with E-state index in [0.29, 0.717) is 17.7 Å². The number of carbonyl (C=O) groups excluding carboxylic acids is 1. The van der Waals surface area contributed by atoms with Crippen molar-refractivity contribution in [3.63, 3.8) is 0 Å². The first kappa shape index (κ1) is 18.1. The predicted molar refractivity (Wildman–Crippen MR) is 84.6 cm³/mol. The van der Waals surface area contributed by atoms with Crippen LogP contribution in [0.15, 0.2) is 18.2 Å². The van der Waals surface area contributed by atoms with Crippen molar-refractivity contribution in [1.29, 1.82) is 0 Å². The summed E-state index contributed by atoms with van der Waals surface area (Å²) in [4.78, 5) is 11.4. The van der Waals surface area contributed by atoms with Crippen LogP contribution < -0.4 is 5.11 Å². The van der Waals surface area contributed by atoms with Gasteiger partial charge in [-0.05, 0) is 37.0 Å². The minimum absolute atomic E-state index is 0.0533. The van der Waals surface area contributed by atoms with Crippen LogP contribution >= 0.6 is 0 Å². The summed E-state index contributed by atoms with van der Waals surface area (Å²) < 4.78 is 28.3. The Balaban J connectivity index is 2.52. The molecule has 0 N–H and O–H groups in total. The van der Waals surface area contributed by atoms with Crippen molar-refractivity contribution in [2.45, 2.75) is 52.5 Å². The Morgan fingerprint density at radius 2 is 1.83 bits per heavy atom. The monoisotopic (exact) mass is 335 g/mol. The van der Waals surface area contributed by atoms with Crippen LogP contribution in [-0.4, -0.2) is 15.7 Å². The molecule has 0 aliphatic rings. The number of carboxylic acid groups (broad SMARTS) is 1. The molecule has 0 spiro atoms. The lowest BCUT2D eigenvalue weighted by molar-refractivity contribution is -0.310. The van der Waals surface area contributed by atoms with Gasteiger partial charge in [0.1, 0.15) is 11.6 Å². The Morgan fingerprint density at radius 1 is 1.25 bits per heavy atom. The number of aromatic nitrogens is 2. The van der Waals surface area contributed by atoms with E-state index < -0.39 is 23.6 Å². The lowest BCUT2D eigenvalue weighted by Gasteiger charge is -2.18. The largest absolute Gasteiger partial charge is 0.548 e. The Labute approximate surface area is 140 Å². The van der Waals surface area contributed by atoms with E-state index in [0.717, 1.165) is 17.3 Å². The summed E-state index contributed by atoms with van der Waals surface area (Å²) in [7, 11) is 0. The smallest absolute Gasteiger partial charge is 0.126 e. The van der Waals surface area contributed by atoms with Crippen molar-refractivity contribution >= 4 is 5.97 Å². The van der Waals surface area contributed by atoms with Crippen LogP contribution in [0, 0.1) is 18.6 Å². The molecule has 0 radical (unpaired) electrons. The fourth-order valence-corrected chi connectivity index (χ4v) is 2.92. The van der Waals surface area contributed by atoms with E-state index in [9.17, 15) is 18.7 Å². The number of carbonyl (C=O) groups is 1. The topological polar surface area (TPSA) is 57.9 Å². The molecule has 4 nitrogen and oxygen atoms in total. The molecule has 0 aliphatic carbocycles. The maximum absolute atomic E-state index is 13.4. The first-order valence-electron chi connectivity index (χ1n) is 7.98. The van der Waals surface area contributed by atoms with Crippen LogP contribution in [-0.2, 0) is 11.2 Å². The number of benzene rings is 1. The van der Waals surface area contributed by atoms with Gasteiger partial charge in [0.2, 0.25) is 0 Å². The van der Waals surface area contributed by atoms with Crippen LogP contribution in [0.5, 0.6) is 0 Å². The second kappa shape index (κ2) is 7.11. The van der Waals surface area contributed by atoms with Crippen molar-refractivity contribution in [3.8, 4) is 0 Å². The van der Waals surface area contributed by atoms with Crippen molar-refractivity contribution < 1.29 is 18.7 Å². The first-order valence-corrected chi connectivity index (χ1v) is 7.98. The molecule has 1 aromatic carbocycles. The highest BCUT2D eigenvalue weighted by Crippen LogP contribution is 2.27. The standard InChI is InChI=1S/C18H22F2N2O2/c1-5-16(18(23)24)22-11(4)15(17(21-22)10(2)3)8-12-6-13(19)9-14(20)7-12/h6-7,9-10,16H,5,8H2,1-4H3,(H,23,24)/p-1. The fraction of sp³-hybridized carbons (Fsp3) is 0.444. The number of halogens is 2. The lowest BCUT2D eigenvalue weighted by atomic mass is 9.97. The Morgan fingerprint density at radius 3 is 2.29 bits per heavy atom. The third kappa shape index (κ3) is 3.63. The molecule has 0 bridgehead atoms. The lowest BCUT2D eigenvalue weighted by Crippen LogP contribution is -2.34. The zero-order chi connectivity index (χ0) is 18.0. The molecule has 1 unspecified atom stereocenters. The number of aliphatic carboxylic acids is 1. The number of carboxylic acids is 1. The van der Waals surface area contributed by atoms with E-state index in [1.807, 2.05) is 13.8 Å². The van der Waals surface area contributed by atoms with Crippen molar-refractivity contribution in [1.82, 2.24) is 9.78 Å². The van der Waals surface area contributed by atoms with Gasteiger partial charge in [-0.1, -0.05) is 20.8 Å². The van der Waals surface area contributed by atoms with Crippen LogP contribution in [0.4, 0.5) is 8.78 Å². The van der Waals surface area contributed by atoms with Gasteiger partial charge < -0.3 is 9.90 Å². The van der Waals surface area contributed by atoms with E-state index in [2.05, 4.69) is 5.10 Å². The highest BCUT2D eigenvalue weighted by atomic mass is 19.1. The third-order valence-electron chi connectivity index (χ3n) is 4.11. The van der Waals surface area contributed by atoms with Gasteiger partial charge in [0, 0.05) is 23.7 Å². The van der Waals surface area contributed by atoms with Gasteiger partial charge in [-0.15, -0.1) is 0 Å². The van der Waals surface area contributed by atoms with Gasteiger partial charge in [-0.2, -0.15) is 5.10 Å². The van der Waals surface area contributed by atoms with E-state index in [1.165, 1.54) is 16.8 Å². The number of hydrogen-bond acceptors (Lipinski definition) is 3. The molecule has 1 atom stereocenters. The molecule has 0 saturated heterocycles. The summed E-state index contributed by atoms with van der Waals surface area (Å²) in [5.74, 6) is -2.41. The molecular weight excluding hydrogens is 314 g/mol. The second-order valence-electron chi connectivity index (χ2n) is 6.25. The molecule has 1 aromatic heterocycles. The quantitative estimate of drug-likeness (QED) is 0.815. The summed E-state index contributed by atoms with van der Waals surface area (Å²) in [5, 5.41) is 15.8. The average Bonchev–Trinajstić information content (AvgIpc) is 2.76. The number of nitrogens with zero attached hydrogens (tertiary/aromatic N) is 2. The molecule has 130 valence electrons. The molecule has 0 saturated carbocycles. The van der Waals surface area contributed by atoms with Gasteiger partial charge in [-0.3, -0.25) is 4.68 Å². The molecule has 24 heavy (non-hydrogen) atoms. The summed E-state index contributed by atoms with van der Waals surface area (Å²) in [6, 6.07) is 2.52. The van der Waals surface area contributed by atoms with Gasteiger partial charge in [0.25, 0.3) is 0 Å². The van der Waals surface area contributed by atoms with E-state index in [1.54, 1.807) is 13.8 Å². The fourth-order valence-electron chi connectivity index (χ4n) is 2.92. The van der Waals surface area contributed by atoms with Crippen LogP contribution in [0.1, 0.15) is 61.7 Å². The van der Waals surface area contributed by atoms with Crippen molar-refractivity contribution in [2.24, 2.45) is 0 Å². The molecule has 0 aliphatic heterocycles. The van der Waals surface area contributed by atoms with E-state index >= 15 is 0 Å². The Kier molecular flexibility index (Phi) is 5.36. The predicted octanol–water partition coefficient (Wildman–Crippen LogP) is 2.88. The normalized spacial score (nSPS) is 12.6.